The van der Waals surface area contributed by atoms with Crippen molar-refractivity contribution in [1.29, 1.82) is 0 Å². The number of hydrogen-bond donors (Lipinski definition) is 3. The molecule has 0 aliphatic carbocycles. The predicted octanol–water partition coefficient (Wildman–Crippen LogP) is 3.91. The van der Waals surface area contributed by atoms with Gasteiger partial charge in [0.2, 0.25) is 0 Å². The summed E-state index contributed by atoms with van der Waals surface area (Å²) < 4.78 is 14.5. The number of nitrogens with zero attached hydrogens (tertiary/aromatic N) is 6. The summed E-state index contributed by atoms with van der Waals surface area (Å²) >= 11 is 0. The van der Waals surface area contributed by atoms with Gasteiger partial charge in [-0.15, -0.1) is 0 Å². The van der Waals surface area contributed by atoms with Crippen molar-refractivity contribution in [3.63, 3.8) is 0 Å². The maximum Gasteiger partial charge on any atom is 0.147 e. The molecule has 1 fully saturated rings. The van der Waals surface area contributed by atoms with Gasteiger partial charge in [0.05, 0.1) is 41.2 Å². The van der Waals surface area contributed by atoms with E-state index in [2.05, 4.69) is 35.0 Å². The van der Waals surface area contributed by atoms with E-state index in [0.29, 0.717) is 22.6 Å². The van der Waals surface area contributed by atoms with Crippen LogP contribution in [0.1, 0.15) is 0 Å². The first kappa shape index (κ1) is 20.7. The summed E-state index contributed by atoms with van der Waals surface area (Å²) in [5.41, 5.74) is 11.4. The number of halogens is 1. The van der Waals surface area contributed by atoms with Crippen molar-refractivity contribution in [2.45, 2.75) is 6.04 Å². The van der Waals surface area contributed by atoms with Gasteiger partial charge in [-0.3, -0.25) is 20.1 Å². The largest absolute Gasteiger partial charge is 0.353 e. The zero-order valence-electron chi connectivity index (χ0n) is 19.0. The number of aromatic amines is 2. The van der Waals surface area contributed by atoms with E-state index in [9.17, 15) is 4.39 Å². The van der Waals surface area contributed by atoms with Gasteiger partial charge in [0.15, 0.2) is 0 Å². The Morgan fingerprint density at radius 1 is 0.917 bits per heavy atom. The first-order valence-corrected chi connectivity index (χ1v) is 11.5. The van der Waals surface area contributed by atoms with Gasteiger partial charge in [-0.2, -0.15) is 5.10 Å². The van der Waals surface area contributed by atoms with E-state index in [1.807, 2.05) is 18.2 Å². The van der Waals surface area contributed by atoms with Gasteiger partial charge < -0.3 is 15.6 Å². The van der Waals surface area contributed by atoms with Crippen LogP contribution < -0.4 is 10.6 Å². The minimum atomic E-state index is -0.315. The van der Waals surface area contributed by atoms with Crippen molar-refractivity contribution in [2.24, 2.45) is 5.73 Å². The van der Waals surface area contributed by atoms with Crippen molar-refractivity contribution < 1.29 is 4.39 Å². The molecule has 0 amide bonds. The fraction of sp³-hybridized carbons (Fsp3) is 0.115. The smallest absolute Gasteiger partial charge is 0.147 e. The van der Waals surface area contributed by atoms with E-state index in [1.54, 1.807) is 43.0 Å². The lowest BCUT2D eigenvalue weighted by molar-refractivity contribution is 0.514. The number of pyridine rings is 2. The SMILES string of the molecule is NC1CN(c2cncc(-c3cc4c(-c5cc6c(-c7ccccc7F)nccc6[nH]5)n[nH]c4cn3)n2)C1. The highest BCUT2D eigenvalue weighted by Gasteiger charge is 2.25. The second kappa shape index (κ2) is 7.92. The Hall–Kier alpha value is -4.70. The van der Waals surface area contributed by atoms with Gasteiger partial charge in [-0.25, -0.2) is 9.37 Å². The number of anilines is 1. The summed E-state index contributed by atoms with van der Waals surface area (Å²) in [6, 6.07) is 12.6. The molecule has 1 aliphatic rings. The van der Waals surface area contributed by atoms with Crippen molar-refractivity contribution in [2.75, 3.05) is 18.0 Å². The number of aromatic nitrogens is 7. The zero-order valence-corrected chi connectivity index (χ0v) is 19.0. The molecule has 176 valence electrons. The number of fused-ring (bicyclic) bond motifs is 2. The maximum absolute atomic E-state index is 14.5. The first-order chi connectivity index (χ1) is 17.6. The quantitative estimate of drug-likeness (QED) is 0.351. The molecular formula is C26H20FN9. The van der Waals surface area contributed by atoms with Gasteiger partial charge in [0.25, 0.3) is 0 Å². The van der Waals surface area contributed by atoms with Crippen LogP contribution in [0.2, 0.25) is 0 Å². The average Bonchev–Trinajstić information content (AvgIpc) is 3.51. The molecule has 0 radical (unpaired) electrons. The number of benzene rings is 1. The van der Waals surface area contributed by atoms with Crippen LogP contribution in [0, 0.1) is 5.82 Å². The Kier molecular flexibility index (Phi) is 4.55. The predicted molar refractivity (Wildman–Crippen MR) is 136 cm³/mol. The van der Waals surface area contributed by atoms with Crippen LogP contribution >= 0.6 is 0 Å². The molecule has 7 rings (SSSR count). The summed E-state index contributed by atoms with van der Waals surface area (Å²) in [6.45, 7) is 1.53. The van der Waals surface area contributed by atoms with E-state index in [0.717, 1.165) is 52.1 Å². The summed E-state index contributed by atoms with van der Waals surface area (Å²) in [4.78, 5) is 23.6. The molecule has 1 aliphatic heterocycles. The Bertz CT molecular complexity index is 1750. The van der Waals surface area contributed by atoms with Gasteiger partial charge >= 0.3 is 0 Å². The lowest BCUT2D eigenvalue weighted by Crippen LogP contribution is -2.56. The van der Waals surface area contributed by atoms with Crippen LogP contribution in [-0.2, 0) is 0 Å². The van der Waals surface area contributed by atoms with Crippen molar-refractivity contribution in [3.05, 3.63) is 73.1 Å². The molecule has 0 unspecified atom stereocenters. The molecule has 0 spiro atoms. The van der Waals surface area contributed by atoms with E-state index in [4.69, 9.17) is 10.7 Å². The fourth-order valence-electron chi connectivity index (χ4n) is 4.64. The third-order valence-electron chi connectivity index (χ3n) is 6.50. The van der Waals surface area contributed by atoms with Crippen molar-refractivity contribution in [1.82, 2.24) is 35.1 Å². The topological polar surface area (TPSA) is 125 Å². The summed E-state index contributed by atoms with van der Waals surface area (Å²) in [6.07, 6.45) is 6.85. The Morgan fingerprint density at radius 2 is 1.78 bits per heavy atom. The molecule has 36 heavy (non-hydrogen) atoms. The zero-order chi connectivity index (χ0) is 24.2. The highest BCUT2D eigenvalue weighted by molar-refractivity contribution is 6.00. The normalized spacial score (nSPS) is 14.0. The molecule has 0 bridgehead atoms. The average molecular weight is 478 g/mol. The molecule has 5 aromatic heterocycles. The molecule has 4 N–H and O–H groups in total. The number of nitrogens with one attached hydrogen (secondary N) is 2. The van der Waals surface area contributed by atoms with Crippen LogP contribution in [0.5, 0.6) is 0 Å². The molecule has 0 atom stereocenters. The molecule has 6 heterocycles. The van der Waals surface area contributed by atoms with Gasteiger partial charge in [0, 0.05) is 47.2 Å². The van der Waals surface area contributed by atoms with Crippen LogP contribution in [0.15, 0.2) is 67.3 Å². The van der Waals surface area contributed by atoms with Crippen molar-refractivity contribution in [3.8, 4) is 34.0 Å². The molecule has 6 aromatic rings. The lowest BCUT2D eigenvalue weighted by Gasteiger charge is -2.37. The molecule has 1 saturated heterocycles. The van der Waals surface area contributed by atoms with E-state index >= 15 is 0 Å². The number of hydrogen-bond acceptors (Lipinski definition) is 7. The summed E-state index contributed by atoms with van der Waals surface area (Å²) in [5, 5.41) is 9.29. The number of H-pyrrole nitrogens is 2. The van der Waals surface area contributed by atoms with Gasteiger partial charge in [0.1, 0.15) is 23.0 Å². The van der Waals surface area contributed by atoms with Crippen molar-refractivity contribution >= 4 is 27.6 Å². The van der Waals surface area contributed by atoms with Gasteiger partial charge in [-0.1, -0.05) is 12.1 Å². The third kappa shape index (κ3) is 3.30. The monoisotopic (exact) mass is 477 g/mol. The number of rotatable bonds is 4. The Balaban J connectivity index is 1.32. The molecular weight excluding hydrogens is 457 g/mol. The Labute approximate surface area is 204 Å². The second-order valence-electron chi connectivity index (χ2n) is 8.90. The molecule has 1 aromatic carbocycles. The lowest BCUT2D eigenvalue weighted by atomic mass is 10.1. The van der Waals surface area contributed by atoms with E-state index < -0.39 is 0 Å². The first-order valence-electron chi connectivity index (χ1n) is 11.5. The maximum atomic E-state index is 14.5. The highest BCUT2D eigenvalue weighted by atomic mass is 19.1. The Morgan fingerprint density at radius 3 is 2.64 bits per heavy atom. The van der Waals surface area contributed by atoms with Gasteiger partial charge in [-0.05, 0) is 30.3 Å². The summed E-state index contributed by atoms with van der Waals surface area (Å²) in [5.74, 6) is 0.469. The standard InChI is InChI=1S/C26H20FN9/c27-18-4-2-1-3-15(18)25-16-8-21(32-19(16)5-6-30-25)26-17-7-20(31-10-22(17)34-35-26)23-9-29-11-24(33-23)36-12-14(28)13-36/h1-11,14,32H,12-13,28H2,(H,34,35). The van der Waals surface area contributed by atoms with Crippen LogP contribution in [0.25, 0.3) is 55.8 Å². The molecule has 9 nitrogen and oxygen atoms in total. The molecule has 10 heteroatoms. The fourth-order valence-corrected chi connectivity index (χ4v) is 4.64. The van der Waals surface area contributed by atoms with Crippen LogP contribution in [-0.4, -0.2) is 54.2 Å². The minimum Gasteiger partial charge on any atom is -0.353 e. The highest BCUT2D eigenvalue weighted by Crippen LogP contribution is 2.34. The van der Waals surface area contributed by atoms with Crippen LogP contribution in [0.3, 0.4) is 0 Å². The number of nitrogens with two attached hydrogens (primary N) is 1. The minimum absolute atomic E-state index is 0.170. The molecule has 0 saturated carbocycles. The second-order valence-corrected chi connectivity index (χ2v) is 8.90. The summed E-state index contributed by atoms with van der Waals surface area (Å²) in [7, 11) is 0. The van der Waals surface area contributed by atoms with E-state index in [-0.39, 0.29) is 11.9 Å². The van der Waals surface area contributed by atoms with E-state index in [1.165, 1.54) is 6.07 Å². The third-order valence-corrected chi connectivity index (χ3v) is 6.50. The van der Waals surface area contributed by atoms with Crippen LogP contribution in [0.4, 0.5) is 10.2 Å².